The van der Waals surface area contributed by atoms with E-state index in [9.17, 15) is 18.0 Å². The van der Waals surface area contributed by atoms with E-state index in [-0.39, 0.29) is 28.1 Å². The summed E-state index contributed by atoms with van der Waals surface area (Å²) in [6, 6.07) is 16.4. The monoisotopic (exact) mass is 531 g/mol. The van der Waals surface area contributed by atoms with E-state index >= 15 is 0 Å². The highest BCUT2D eigenvalue weighted by molar-refractivity contribution is 7.93. The number of nitrogens with zero attached hydrogens (tertiary/aromatic N) is 4. The Kier molecular flexibility index (Phi) is 6.93. The minimum Gasteiger partial charge on any atom is -0.495 e. The molecule has 5 rings (SSSR count). The zero-order valence-electron chi connectivity index (χ0n) is 20.6. The molecule has 0 saturated carbocycles. The molecule has 0 unspecified atom stereocenters. The van der Waals surface area contributed by atoms with Crippen LogP contribution in [0.4, 0.5) is 5.69 Å². The summed E-state index contributed by atoms with van der Waals surface area (Å²) in [4.78, 5) is 37.4. The van der Waals surface area contributed by atoms with Gasteiger partial charge in [-0.25, -0.2) is 8.42 Å². The van der Waals surface area contributed by atoms with Gasteiger partial charge in [-0.1, -0.05) is 18.2 Å². The Morgan fingerprint density at radius 1 is 0.842 bits per heavy atom. The highest BCUT2D eigenvalue weighted by atomic mass is 32.2. The average molecular weight is 532 g/mol. The molecule has 0 spiro atoms. The first kappa shape index (κ1) is 25.2. The van der Waals surface area contributed by atoms with Gasteiger partial charge in [0.25, 0.3) is 21.8 Å². The molecule has 2 aromatic carbocycles. The molecule has 0 aliphatic carbocycles. The van der Waals surface area contributed by atoms with Crippen molar-refractivity contribution in [1.29, 1.82) is 0 Å². The van der Waals surface area contributed by atoms with Gasteiger partial charge in [0.15, 0.2) is 0 Å². The largest absolute Gasteiger partial charge is 0.495 e. The van der Waals surface area contributed by atoms with E-state index in [0.717, 1.165) is 0 Å². The highest BCUT2D eigenvalue weighted by Gasteiger charge is 2.27. The molecule has 3 heterocycles. The smallest absolute Gasteiger partial charge is 0.264 e. The molecule has 1 fully saturated rings. The van der Waals surface area contributed by atoms with Crippen molar-refractivity contribution < 1.29 is 22.7 Å². The van der Waals surface area contributed by atoms with Crippen LogP contribution in [-0.4, -0.2) is 73.3 Å². The first-order valence-electron chi connectivity index (χ1n) is 11.9. The average Bonchev–Trinajstić information content (AvgIpc) is 2.96. The molecule has 2 amide bonds. The van der Waals surface area contributed by atoms with Crippen molar-refractivity contribution in [3.63, 3.8) is 0 Å². The number of piperazine rings is 1. The molecule has 4 aromatic rings. The highest BCUT2D eigenvalue weighted by Crippen LogP contribution is 2.30. The summed E-state index contributed by atoms with van der Waals surface area (Å²) in [5, 5.41) is 0.700. The minimum atomic E-state index is -3.99. The number of carbonyl (C=O) groups excluding carboxylic acids is 2. The Morgan fingerprint density at radius 3 is 2.18 bits per heavy atom. The number of para-hydroxylation sites is 1. The van der Waals surface area contributed by atoms with Crippen molar-refractivity contribution in [2.45, 2.75) is 4.90 Å². The number of hydrogen-bond donors (Lipinski definition) is 1. The van der Waals surface area contributed by atoms with Gasteiger partial charge in [-0.15, -0.1) is 0 Å². The van der Waals surface area contributed by atoms with Gasteiger partial charge in [-0.05, 0) is 42.5 Å². The van der Waals surface area contributed by atoms with Crippen molar-refractivity contribution >= 4 is 38.4 Å². The molecule has 1 saturated heterocycles. The fraction of sp³-hybridized carbons (Fsp3) is 0.185. The Labute approximate surface area is 219 Å². The van der Waals surface area contributed by atoms with E-state index in [1.807, 2.05) is 0 Å². The first-order chi connectivity index (χ1) is 18.4. The summed E-state index contributed by atoms with van der Waals surface area (Å²) in [5.41, 5.74) is 1.46. The number of benzene rings is 2. The Morgan fingerprint density at radius 2 is 1.50 bits per heavy atom. The maximum absolute atomic E-state index is 13.2. The molecule has 0 atom stereocenters. The second kappa shape index (κ2) is 10.5. The number of fused-ring (bicyclic) bond motifs is 1. The normalized spacial score (nSPS) is 13.8. The lowest BCUT2D eigenvalue weighted by molar-refractivity contribution is 0.0535. The Balaban J connectivity index is 1.30. The number of ether oxygens (including phenoxy) is 1. The molecule has 0 bridgehead atoms. The zero-order valence-corrected chi connectivity index (χ0v) is 21.4. The van der Waals surface area contributed by atoms with Gasteiger partial charge in [0.1, 0.15) is 10.6 Å². The summed E-state index contributed by atoms with van der Waals surface area (Å²) >= 11 is 0. The van der Waals surface area contributed by atoms with Gasteiger partial charge < -0.3 is 14.5 Å². The summed E-state index contributed by atoms with van der Waals surface area (Å²) in [6.45, 7) is 1.56. The first-order valence-corrected chi connectivity index (χ1v) is 13.4. The third kappa shape index (κ3) is 5.00. The second-order valence-corrected chi connectivity index (χ2v) is 10.3. The molecular formula is C27H25N5O5S. The van der Waals surface area contributed by atoms with Gasteiger partial charge in [0.2, 0.25) is 0 Å². The van der Waals surface area contributed by atoms with Crippen LogP contribution < -0.4 is 9.46 Å². The van der Waals surface area contributed by atoms with Gasteiger partial charge in [0.05, 0.1) is 18.3 Å². The Hall–Kier alpha value is -4.51. The molecule has 38 heavy (non-hydrogen) atoms. The van der Waals surface area contributed by atoms with E-state index in [2.05, 4.69) is 14.7 Å². The molecule has 1 N–H and O–H groups in total. The Bertz CT molecular complexity index is 1600. The molecule has 1 aliphatic rings. The standard InChI is InChI=1S/C27H25N5O5S/c1-37-23-18-21(27(34)32-16-14-31(15-17-32)26(33)20-9-12-28-13-10-20)7-8-22(23)30-38(35,36)24-6-2-4-19-5-3-11-29-25(19)24/h2-13,18,30H,14-17H2,1H3. The molecule has 2 aromatic heterocycles. The summed E-state index contributed by atoms with van der Waals surface area (Å²) in [5.74, 6) is -0.120. The van der Waals surface area contributed by atoms with Crippen LogP contribution in [0.15, 0.2) is 84.1 Å². The summed E-state index contributed by atoms with van der Waals surface area (Å²) in [6.07, 6.45) is 4.68. The number of rotatable bonds is 6. The fourth-order valence-corrected chi connectivity index (χ4v) is 5.62. The van der Waals surface area contributed by atoms with Crippen molar-refractivity contribution in [2.75, 3.05) is 38.0 Å². The van der Waals surface area contributed by atoms with Crippen molar-refractivity contribution in [2.24, 2.45) is 0 Å². The van der Waals surface area contributed by atoms with Crippen LogP contribution in [0.25, 0.3) is 10.9 Å². The molecule has 194 valence electrons. The molecule has 1 aliphatic heterocycles. The quantitative estimate of drug-likeness (QED) is 0.406. The number of hydrogen-bond acceptors (Lipinski definition) is 7. The lowest BCUT2D eigenvalue weighted by atomic mass is 10.1. The maximum Gasteiger partial charge on any atom is 0.264 e. The predicted molar refractivity (Wildman–Crippen MR) is 142 cm³/mol. The van der Waals surface area contributed by atoms with Crippen molar-refractivity contribution in [3.05, 3.63) is 90.4 Å². The minimum absolute atomic E-state index is 0.0389. The number of pyridine rings is 2. The van der Waals surface area contributed by atoms with Crippen LogP contribution in [0.2, 0.25) is 0 Å². The number of amides is 2. The summed E-state index contributed by atoms with van der Waals surface area (Å²) in [7, 11) is -2.59. The predicted octanol–water partition coefficient (Wildman–Crippen LogP) is 3.04. The van der Waals surface area contributed by atoms with E-state index in [4.69, 9.17) is 4.74 Å². The van der Waals surface area contributed by atoms with Crippen molar-refractivity contribution in [3.8, 4) is 5.75 Å². The molecule has 11 heteroatoms. The third-order valence-electron chi connectivity index (χ3n) is 6.36. The maximum atomic E-state index is 13.2. The number of nitrogens with one attached hydrogen (secondary N) is 1. The third-order valence-corrected chi connectivity index (χ3v) is 7.76. The van der Waals surface area contributed by atoms with Crippen LogP contribution in [0, 0.1) is 0 Å². The zero-order chi connectivity index (χ0) is 26.7. The van der Waals surface area contributed by atoms with Crippen LogP contribution in [0.3, 0.4) is 0 Å². The molecule has 0 radical (unpaired) electrons. The van der Waals surface area contributed by atoms with E-state index in [1.165, 1.54) is 31.5 Å². The van der Waals surface area contributed by atoms with Crippen LogP contribution in [-0.2, 0) is 10.0 Å². The van der Waals surface area contributed by atoms with Gasteiger partial charge in [0, 0.05) is 61.3 Å². The van der Waals surface area contributed by atoms with Gasteiger partial charge >= 0.3 is 0 Å². The van der Waals surface area contributed by atoms with Gasteiger partial charge in [-0.3, -0.25) is 24.3 Å². The number of methoxy groups -OCH3 is 1. The number of aromatic nitrogens is 2. The lowest BCUT2D eigenvalue weighted by Gasteiger charge is -2.35. The van der Waals surface area contributed by atoms with Crippen LogP contribution in [0.5, 0.6) is 5.75 Å². The second-order valence-electron chi connectivity index (χ2n) is 8.67. The van der Waals surface area contributed by atoms with Crippen LogP contribution in [0.1, 0.15) is 20.7 Å². The topological polar surface area (TPSA) is 122 Å². The molecule has 10 nitrogen and oxygen atoms in total. The number of anilines is 1. The SMILES string of the molecule is COc1cc(C(=O)N2CCN(C(=O)c3ccncc3)CC2)ccc1NS(=O)(=O)c1cccc2cccnc12. The lowest BCUT2D eigenvalue weighted by Crippen LogP contribution is -2.50. The summed E-state index contributed by atoms with van der Waals surface area (Å²) < 4.78 is 34.4. The molecular weight excluding hydrogens is 506 g/mol. The van der Waals surface area contributed by atoms with E-state index in [1.54, 1.807) is 64.7 Å². The van der Waals surface area contributed by atoms with Crippen LogP contribution >= 0.6 is 0 Å². The number of carbonyl (C=O) groups is 2. The van der Waals surface area contributed by atoms with E-state index in [0.29, 0.717) is 48.2 Å². The fourth-order valence-electron chi connectivity index (χ4n) is 4.37. The van der Waals surface area contributed by atoms with Gasteiger partial charge in [-0.2, -0.15) is 0 Å². The van der Waals surface area contributed by atoms with Crippen molar-refractivity contribution in [1.82, 2.24) is 19.8 Å². The van der Waals surface area contributed by atoms with E-state index < -0.39 is 10.0 Å². The number of sulfonamides is 1.